The third-order valence-electron chi connectivity index (χ3n) is 4.07. The first-order valence-corrected chi connectivity index (χ1v) is 8.78. The Morgan fingerprint density at radius 1 is 0.963 bits per heavy atom. The smallest absolute Gasteiger partial charge is 0.276 e. The maximum absolute atomic E-state index is 12.5. The number of rotatable bonds is 6. The number of carbonyl (C=O) groups is 1. The molecule has 0 saturated carbocycles. The second kappa shape index (κ2) is 8.31. The molecule has 2 N–H and O–H groups in total. The molecule has 3 aromatic rings. The number of para-hydroxylation sites is 3. The normalized spacial score (nSPS) is 10.3. The number of anilines is 3. The summed E-state index contributed by atoms with van der Waals surface area (Å²) in [5, 5.41) is 14.2. The number of aromatic nitrogens is 2. The van der Waals surface area contributed by atoms with E-state index in [1.54, 1.807) is 18.2 Å². The van der Waals surface area contributed by atoms with Crippen molar-refractivity contribution >= 4 is 23.1 Å². The van der Waals surface area contributed by atoms with Gasteiger partial charge in [-0.1, -0.05) is 30.3 Å². The summed E-state index contributed by atoms with van der Waals surface area (Å²) in [6, 6.07) is 16.7. The van der Waals surface area contributed by atoms with Gasteiger partial charge in [0, 0.05) is 5.69 Å². The Balaban J connectivity index is 1.73. The van der Waals surface area contributed by atoms with Crippen molar-refractivity contribution in [2.75, 3.05) is 17.2 Å². The van der Waals surface area contributed by atoms with Crippen LogP contribution in [0, 0.1) is 13.8 Å². The highest BCUT2D eigenvalue weighted by Crippen LogP contribution is 2.25. The zero-order valence-corrected chi connectivity index (χ0v) is 15.6. The first-order chi connectivity index (χ1) is 13.1. The summed E-state index contributed by atoms with van der Waals surface area (Å²) in [5.74, 6) is 0.863. The van der Waals surface area contributed by atoms with Gasteiger partial charge in [0.25, 0.3) is 5.91 Å². The van der Waals surface area contributed by atoms with E-state index in [2.05, 4.69) is 20.8 Å². The van der Waals surface area contributed by atoms with Crippen LogP contribution in [0.1, 0.15) is 28.5 Å². The van der Waals surface area contributed by atoms with Crippen LogP contribution in [0.15, 0.2) is 54.6 Å². The van der Waals surface area contributed by atoms with Crippen LogP contribution in [0.5, 0.6) is 5.75 Å². The molecule has 0 atom stereocenters. The molecular formula is C21H22N4O2. The fourth-order valence-corrected chi connectivity index (χ4v) is 2.70. The minimum atomic E-state index is -0.340. The Morgan fingerprint density at radius 3 is 2.37 bits per heavy atom. The van der Waals surface area contributed by atoms with E-state index in [4.69, 9.17) is 4.74 Å². The minimum absolute atomic E-state index is 0.230. The monoisotopic (exact) mass is 362 g/mol. The van der Waals surface area contributed by atoms with Gasteiger partial charge in [-0.05, 0) is 56.2 Å². The Bertz CT molecular complexity index is 919. The maximum atomic E-state index is 12.5. The van der Waals surface area contributed by atoms with Crippen LogP contribution in [0.2, 0.25) is 0 Å². The fraction of sp³-hybridized carbons (Fsp3) is 0.190. The molecule has 0 saturated heterocycles. The first kappa shape index (κ1) is 18.4. The standard InChI is InChI=1S/C21H22N4O2/c1-4-27-18-11-6-5-10-16(18)22-21(26)17-12-13-19(25-24-17)23-20-14(2)8-7-9-15(20)3/h5-13H,4H2,1-3H3,(H,22,26)(H,23,25). The summed E-state index contributed by atoms with van der Waals surface area (Å²) >= 11 is 0. The number of nitrogens with zero attached hydrogens (tertiary/aromatic N) is 2. The Morgan fingerprint density at radius 2 is 1.70 bits per heavy atom. The van der Waals surface area contributed by atoms with E-state index in [0.717, 1.165) is 16.8 Å². The Labute approximate surface area is 158 Å². The highest BCUT2D eigenvalue weighted by molar-refractivity contribution is 6.03. The summed E-state index contributed by atoms with van der Waals surface area (Å²) < 4.78 is 5.52. The second-order valence-electron chi connectivity index (χ2n) is 6.08. The van der Waals surface area contributed by atoms with E-state index < -0.39 is 0 Å². The zero-order chi connectivity index (χ0) is 19.2. The van der Waals surface area contributed by atoms with Gasteiger partial charge in [0.05, 0.1) is 12.3 Å². The van der Waals surface area contributed by atoms with Crippen LogP contribution in [-0.4, -0.2) is 22.7 Å². The molecule has 2 aromatic carbocycles. The number of nitrogens with one attached hydrogen (secondary N) is 2. The van der Waals surface area contributed by atoms with Gasteiger partial charge >= 0.3 is 0 Å². The van der Waals surface area contributed by atoms with Gasteiger partial charge in [0.15, 0.2) is 11.5 Å². The van der Waals surface area contributed by atoms with Gasteiger partial charge < -0.3 is 15.4 Å². The molecule has 0 bridgehead atoms. The van der Waals surface area contributed by atoms with Crippen LogP contribution in [0.4, 0.5) is 17.2 Å². The van der Waals surface area contributed by atoms with Crippen LogP contribution < -0.4 is 15.4 Å². The van der Waals surface area contributed by atoms with Crippen molar-refractivity contribution in [1.29, 1.82) is 0 Å². The number of carbonyl (C=O) groups excluding carboxylic acids is 1. The van der Waals surface area contributed by atoms with Crippen molar-refractivity contribution in [3.63, 3.8) is 0 Å². The fourth-order valence-electron chi connectivity index (χ4n) is 2.70. The lowest BCUT2D eigenvalue weighted by Gasteiger charge is -2.12. The Kier molecular flexibility index (Phi) is 5.66. The molecular weight excluding hydrogens is 340 g/mol. The predicted molar refractivity (Wildman–Crippen MR) is 107 cm³/mol. The summed E-state index contributed by atoms with van der Waals surface area (Å²) in [6.45, 7) is 6.47. The average Bonchev–Trinajstić information content (AvgIpc) is 2.67. The first-order valence-electron chi connectivity index (χ1n) is 8.78. The molecule has 0 aliphatic carbocycles. The molecule has 1 amide bonds. The van der Waals surface area contributed by atoms with E-state index in [9.17, 15) is 4.79 Å². The number of aryl methyl sites for hydroxylation is 2. The van der Waals surface area contributed by atoms with Gasteiger partial charge in [-0.3, -0.25) is 4.79 Å². The molecule has 0 aliphatic heterocycles. The lowest BCUT2D eigenvalue weighted by atomic mass is 10.1. The predicted octanol–water partition coefficient (Wildman–Crippen LogP) is 4.49. The SMILES string of the molecule is CCOc1ccccc1NC(=O)c1ccc(Nc2c(C)cccc2C)nn1. The number of benzene rings is 2. The van der Waals surface area contributed by atoms with Gasteiger partial charge in [-0.25, -0.2) is 0 Å². The quantitative estimate of drug-likeness (QED) is 0.676. The molecule has 138 valence electrons. The van der Waals surface area contributed by atoms with Crippen LogP contribution in [-0.2, 0) is 0 Å². The molecule has 0 radical (unpaired) electrons. The average molecular weight is 362 g/mol. The van der Waals surface area contributed by atoms with Crippen molar-refractivity contribution in [3.8, 4) is 5.75 Å². The van der Waals surface area contributed by atoms with Crippen LogP contribution in [0.3, 0.4) is 0 Å². The lowest BCUT2D eigenvalue weighted by molar-refractivity contribution is 0.102. The largest absolute Gasteiger partial charge is 0.492 e. The van der Waals surface area contributed by atoms with E-state index in [1.807, 2.05) is 57.2 Å². The number of ether oxygens (including phenoxy) is 1. The molecule has 3 rings (SSSR count). The molecule has 0 spiro atoms. The number of hydrogen-bond acceptors (Lipinski definition) is 5. The van der Waals surface area contributed by atoms with Crippen LogP contribution >= 0.6 is 0 Å². The van der Waals surface area contributed by atoms with E-state index in [-0.39, 0.29) is 11.6 Å². The summed E-state index contributed by atoms with van der Waals surface area (Å²) in [4.78, 5) is 12.5. The highest BCUT2D eigenvalue weighted by Gasteiger charge is 2.12. The molecule has 0 fully saturated rings. The molecule has 27 heavy (non-hydrogen) atoms. The minimum Gasteiger partial charge on any atom is -0.492 e. The van der Waals surface area contributed by atoms with E-state index in [1.165, 1.54) is 0 Å². The second-order valence-corrected chi connectivity index (χ2v) is 6.08. The molecule has 0 aliphatic rings. The van der Waals surface area contributed by atoms with Crippen molar-refractivity contribution in [2.24, 2.45) is 0 Å². The summed E-state index contributed by atoms with van der Waals surface area (Å²) in [7, 11) is 0. The molecule has 6 heteroatoms. The van der Waals surface area contributed by atoms with Crippen molar-refractivity contribution < 1.29 is 9.53 Å². The van der Waals surface area contributed by atoms with Gasteiger partial charge in [0.2, 0.25) is 0 Å². The van der Waals surface area contributed by atoms with Gasteiger partial charge in [-0.15, -0.1) is 10.2 Å². The van der Waals surface area contributed by atoms with E-state index in [0.29, 0.717) is 23.9 Å². The number of amides is 1. The molecule has 1 heterocycles. The maximum Gasteiger partial charge on any atom is 0.276 e. The van der Waals surface area contributed by atoms with Crippen LogP contribution in [0.25, 0.3) is 0 Å². The topological polar surface area (TPSA) is 76.1 Å². The summed E-state index contributed by atoms with van der Waals surface area (Å²) in [6.07, 6.45) is 0. The van der Waals surface area contributed by atoms with Crippen molar-refractivity contribution in [2.45, 2.75) is 20.8 Å². The number of hydrogen-bond donors (Lipinski definition) is 2. The summed E-state index contributed by atoms with van der Waals surface area (Å²) in [5.41, 5.74) is 4.06. The van der Waals surface area contributed by atoms with Gasteiger partial charge in [-0.2, -0.15) is 0 Å². The Hall–Kier alpha value is -3.41. The van der Waals surface area contributed by atoms with Crippen molar-refractivity contribution in [3.05, 3.63) is 71.4 Å². The van der Waals surface area contributed by atoms with Crippen molar-refractivity contribution in [1.82, 2.24) is 10.2 Å². The third-order valence-corrected chi connectivity index (χ3v) is 4.07. The zero-order valence-electron chi connectivity index (χ0n) is 15.6. The third kappa shape index (κ3) is 4.41. The lowest BCUT2D eigenvalue weighted by Crippen LogP contribution is -2.15. The van der Waals surface area contributed by atoms with Gasteiger partial charge in [0.1, 0.15) is 5.75 Å². The highest BCUT2D eigenvalue weighted by atomic mass is 16.5. The molecule has 6 nitrogen and oxygen atoms in total. The molecule has 0 unspecified atom stereocenters. The molecule has 1 aromatic heterocycles. The van der Waals surface area contributed by atoms with E-state index >= 15 is 0 Å².